The third kappa shape index (κ3) is 6.16. The molecule has 4 aromatic rings. The second-order valence-corrected chi connectivity index (χ2v) is 10.9. The van der Waals surface area contributed by atoms with Crippen LogP contribution in [-0.2, 0) is 14.2 Å². The van der Waals surface area contributed by atoms with E-state index in [0.29, 0.717) is 38.9 Å². The Morgan fingerprint density at radius 2 is 0.892 bits per heavy atom. The highest BCUT2D eigenvalue weighted by Crippen LogP contribution is 2.43. The lowest BCUT2D eigenvalue weighted by Crippen LogP contribution is -2.25. The number of carbonyl (C=O) groups excluding carboxylic acids is 2. The highest BCUT2D eigenvalue weighted by Gasteiger charge is 2.30. The zero-order valence-electron chi connectivity index (χ0n) is 20.6. The Kier molecular flexibility index (Phi) is 8.22. The van der Waals surface area contributed by atoms with Crippen LogP contribution in [0.1, 0.15) is 26.7 Å². The molecule has 0 saturated heterocycles. The molecule has 0 unspecified atom stereocenters. The van der Waals surface area contributed by atoms with Crippen LogP contribution in [0.2, 0.25) is 0 Å². The largest absolute Gasteiger partial charge is 0.457 e. The Hall–Kier alpha value is -4.15. The average Bonchev–Trinajstić information content (AvgIpc) is 2.94. The summed E-state index contributed by atoms with van der Waals surface area (Å²) in [6.45, 7) is 3.44. The van der Waals surface area contributed by atoms with Crippen LogP contribution >= 0.6 is 7.14 Å². The van der Waals surface area contributed by atoms with Gasteiger partial charge >= 0.3 is 11.9 Å². The van der Waals surface area contributed by atoms with E-state index >= 15 is 0 Å². The van der Waals surface area contributed by atoms with Crippen LogP contribution in [0, 0.1) is 0 Å². The molecule has 0 spiro atoms. The van der Waals surface area contributed by atoms with Crippen molar-refractivity contribution in [2.45, 2.75) is 26.7 Å². The van der Waals surface area contributed by atoms with Crippen LogP contribution in [0.25, 0.3) is 0 Å². The van der Waals surface area contributed by atoms with Gasteiger partial charge in [-0.2, -0.15) is 0 Å². The summed E-state index contributed by atoms with van der Waals surface area (Å²) < 4.78 is 31.3. The van der Waals surface area contributed by atoms with E-state index in [4.69, 9.17) is 14.2 Å². The van der Waals surface area contributed by atoms with Crippen molar-refractivity contribution < 1.29 is 28.4 Å². The first-order valence-electron chi connectivity index (χ1n) is 12.0. The fourth-order valence-electron chi connectivity index (χ4n) is 3.65. The fourth-order valence-corrected chi connectivity index (χ4v) is 6.25. The molecule has 4 aromatic carbocycles. The second kappa shape index (κ2) is 11.7. The van der Waals surface area contributed by atoms with Crippen molar-refractivity contribution >= 4 is 35.0 Å². The zero-order chi connectivity index (χ0) is 26.3. The molecule has 0 saturated carbocycles. The molecular weight excluding hydrogens is 487 g/mol. The summed E-state index contributed by atoms with van der Waals surface area (Å²) in [5, 5.41) is 1.74. The van der Waals surface area contributed by atoms with Gasteiger partial charge in [0.05, 0.1) is 0 Å². The van der Waals surface area contributed by atoms with Gasteiger partial charge in [-0.25, -0.2) is 0 Å². The summed E-state index contributed by atoms with van der Waals surface area (Å²) in [7, 11) is -3.34. The number of benzene rings is 4. The normalized spacial score (nSPS) is 11.0. The molecule has 0 N–H and O–H groups in total. The average molecular weight is 515 g/mol. The summed E-state index contributed by atoms with van der Waals surface area (Å²) in [4.78, 5) is 23.3. The maximum absolute atomic E-state index is 14.8. The van der Waals surface area contributed by atoms with E-state index in [0.717, 1.165) is 0 Å². The number of hydrogen-bond acceptors (Lipinski definition) is 6. The molecule has 7 heteroatoms. The third-order valence-electron chi connectivity index (χ3n) is 5.62. The summed E-state index contributed by atoms with van der Waals surface area (Å²) in [5.41, 5.74) is 0. The molecule has 0 radical (unpaired) electrons. The van der Waals surface area contributed by atoms with Crippen molar-refractivity contribution in [2.75, 3.05) is 0 Å². The first-order chi connectivity index (χ1) is 17.9. The molecule has 0 bridgehead atoms. The van der Waals surface area contributed by atoms with Gasteiger partial charge in [0.2, 0.25) is 0 Å². The molecule has 0 amide bonds. The lowest BCUT2D eigenvalue weighted by atomic mass is 10.3. The van der Waals surface area contributed by atoms with Crippen molar-refractivity contribution in [3.8, 4) is 23.0 Å². The highest BCUT2D eigenvalue weighted by molar-refractivity contribution is 7.85. The van der Waals surface area contributed by atoms with Crippen molar-refractivity contribution in [1.29, 1.82) is 0 Å². The van der Waals surface area contributed by atoms with Crippen molar-refractivity contribution in [3.63, 3.8) is 0 Å². The number of rotatable bonds is 9. The Bertz CT molecular complexity index is 1330. The Morgan fingerprint density at radius 3 is 1.27 bits per heavy atom. The molecule has 0 aliphatic heterocycles. The molecule has 0 aliphatic carbocycles. The smallest absolute Gasteiger partial charge is 0.310 e. The van der Waals surface area contributed by atoms with Gasteiger partial charge in [-0.3, -0.25) is 9.59 Å². The summed E-state index contributed by atoms with van der Waals surface area (Å²) >= 11 is 0. The van der Waals surface area contributed by atoms with E-state index in [1.807, 2.05) is 30.3 Å². The monoisotopic (exact) mass is 514 g/mol. The van der Waals surface area contributed by atoms with Crippen molar-refractivity contribution in [2.24, 2.45) is 0 Å². The third-order valence-corrected chi connectivity index (χ3v) is 8.70. The highest BCUT2D eigenvalue weighted by atomic mass is 31.2. The van der Waals surface area contributed by atoms with E-state index in [-0.39, 0.29) is 24.8 Å². The molecule has 188 valence electrons. The molecule has 0 heterocycles. The van der Waals surface area contributed by atoms with Crippen molar-refractivity contribution in [1.82, 2.24) is 0 Å². The minimum absolute atomic E-state index is 0.257. The maximum atomic E-state index is 14.8. The molecule has 0 aliphatic rings. The lowest BCUT2D eigenvalue weighted by Gasteiger charge is -2.21. The zero-order valence-corrected chi connectivity index (χ0v) is 21.5. The number of para-hydroxylation sites is 1. The Morgan fingerprint density at radius 1 is 0.541 bits per heavy atom. The van der Waals surface area contributed by atoms with E-state index in [1.165, 1.54) is 0 Å². The first-order valence-corrected chi connectivity index (χ1v) is 13.7. The molecule has 0 aromatic heterocycles. The minimum Gasteiger partial charge on any atom is -0.457 e. The van der Waals surface area contributed by atoms with Crippen molar-refractivity contribution in [3.05, 3.63) is 103 Å². The fraction of sp³-hybridized carbons (Fsp3) is 0.133. The van der Waals surface area contributed by atoms with Gasteiger partial charge in [0.1, 0.15) is 23.0 Å². The second-order valence-electron chi connectivity index (χ2n) is 8.16. The number of hydrogen-bond donors (Lipinski definition) is 0. The predicted molar refractivity (Wildman–Crippen MR) is 144 cm³/mol. The van der Waals surface area contributed by atoms with Crippen LogP contribution < -0.4 is 30.1 Å². The Balaban J connectivity index is 1.71. The van der Waals surface area contributed by atoms with Gasteiger partial charge in [0, 0.05) is 28.8 Å². The Labute approximate surface area is 216 Å². The first kappa shape index (κ1) is 25.9. The molecule has 0 atom stereocenters. The number of carbonyl (C=O) groups is 2. The van der Waals surface area contributed by atoms with E-state index in [2.05, 4.69) is 0 Å². The van der Waals surface area contributed by atoms with Gasteiger partial charge in [-0.15, -0.1) is 0 Å². The topological polar surface area (TPSA) is 78.9 Å². The van der Waals surface area contributed by atoms with Gasteiger partial charge in [0.25, 0.3) is 0 Å². The molecule has 37 heavy (non-hydrogen) atoms. The standard InChI is InChI=1S/C30H27O6P/c1-3-29(31)35-24-12-18-27(19-13-24)37(33,28-20-14-25(15-21-28)36-30(32)4-2)26-16-10-23(11-17-26)34-22-8-6-5-7-9-22/h5-21H,3-4H2,1-2H3. The summed E-state index contributed by atoms with van der Waals surface area (Å²) in [6, 6.07) is 29.9. The SMILES string of the molecule is CCC(=O)Oc1ccc(P(=O)(c2ccc(OC(=O)CC)cc2)c2ccc(Oc3ccccc3)cc2)cc1. The lowest BCUT2D eigenvalue weighted by molar-refractivity contribution is -0.134. The molecular formula is C30H27O6P. The van der Waals surface area contributed by atoms with Crippen LogP contribution in [0.15, 0.2) is 103 Å². The molecule has 0 fully saturated rings. The predicted octanol–water partition coefficient (Wildman–Crippen LogP) is 5.75. The summed E-state index contributed by atoms with van der Waals surface area (Å²) in [6.07, 6.45) is 0.513. The van der Waals surface area contributed by atoms with Gasteiger partial charge in [0.15, 0.2) is 7.14 Å². The van der Waals surface area contributed by atoms with Crippen LogP contribution in [0.5, 0.6) is 23.0 Å². The quantitative estimate of drug-likeness (QED) is 0.161. The van der Waals surface area contributed by atoms with Crippen LogP contribution in [0.4, 0.5) is 0 Å². The summed E-state index contributed by atoms with van der Waals surface area (Å²) in [5.74, 6) is 1.40. The number of ether oxygens (including phenoxy) is 3. The van der Waals surface area contributed by atoms with Crippen LogP contribution in [-0.4, -0.2) is 11.9 Å². The number of esters is 2. The van der Waals surface area contributed by atoms with Gasteiger partial charge in [-0.1, -0.05) is 32.0 Å². The molecule has 6 nitrogen and oxygen atoms in total. The molecule has 4 rings (SSSR count). The maximum Gasteiger partial charge on any atom is 0.310 e. The minimum atomic E-state index is -3.34. The van der Waals surface area contributed by atoms with E-state index in [9.17, 15) is 14.2 Å². The van der Waals surface area contributed by atoms with Gasteiger partial charge < -0.3 is 18.8 Å². The van der Waals surface area contributed by atoms with E-state index < -0.39 is 7.14 Å². The van der Waals surface area contributed by atoms with Crippen LogP contribution in [0.3, 0.4) is 0 Å². The van der Waals surface area contributed by atoms with E-state index in [1.54, 1.807) is 86.6 Å². The van der Waals surface area contributed by atoms with Gasteiger partial charge in [-0.05, 0) is 84.9 Å².